The Morgan fingerprint density at radius 1 is 1.04 bits per heavy atom. The fourth-order valence-corrected chi connectivity index (χ4v) is 3.10. The number of ether oxygens (including phenoxy) is 1. The van der Waals surface area contributed by atoms with Crippen molar-refractivity contribution in [2.24, 2.45) is 0 Å². The number of amides is 1. The number of methoxy groups -OCH3 is 1. The summed E-state index contributed by atoms with van der Waals surface area (Å²) in [6, 6.07) is 13.6. The monoisotopic (exact) mass is 340 g/mol. The van der Waals surface area contributed by atoms with Crippen molar-refractivity contribution >= 4 is 11.7 Å². The lowest BCUT2D eigenvalue weighted by Crippen LogP contribution is -2.38. The van der Waals surface area contributed by atoms with Crippen LogP contribution in [0.4, 0.5) is 5.82 Å². The fourth-order valence-electron chi connectivity index (χ4n) is 3.10. The Labute approximate surface area is 148 Å². The van der Waals surface area contributed by atoms with Gasteiger partial charge in [-0.15, -0.1) is 5.10 Å². The van der Waals surface area contributed by atoms with Crippen molar-refractivity contribution in [3.8, 4) is 0 Å². The number of nitrogens with zero attached hydrogens (tertiary/aromatic N) is 4. The SMILES string of the molecule is CO[C@@H](C(=O)N1CCCN(c2ccc(C)nn2)CC1)c1ccccc1. The summed E-state index contributed by atoms with van der Waals surface area (Å²) in [7, 11) is 1.58. The molecular weight excluding hydrogens is 316 g/mol. The molecule has 1 saturated heterocycles. The first-order valence-electron chi connectivity index (χ1n) is 8.61. The topological polar surface area (TPSA) is 58.6 Å². The summed E-state index contributed by atoms with van der Waals surface area (Å²) in [6.45, 7) is 4.91. The van der Waals surface area contributed by atoms with E-state index in [1.165, 1.54) is 0 Å². The van der Waals surface area contributed by atoms with Crippen LogP contribution in [0, 0.1) is 6.92 Å². The molecule has 1 atom stereocenters. The average Bonchev–Trinajstić information content (AvgIpc) is 2.90. The third-order valence-corrected chi connectivity index (χ3v) is 4.48. The van der Waals surface area contributed by atoms with Gasteiger partial charge < -0.3 is 14.5 Å². The van der Waals surface area contributed by atoms with Crippen LogP contribution in [0.3, 0.4) is 0 Å². The van der Waals surface area contributed by atoms with Crippen LogP contribution in [0.2, 0.25) is 0 Å². The molecule has 1 fully saturated rings. The molecule has 1 aliphatic heterocycles. The summed E-state index contributed by atoms with van der Waals surface area (Å²) >= 11 is 0. The van der Waals surface area contributed by atoms with Gasteiger partial charge in [-0.25, -0.2) is 0 Å². The first kappa shape index (κ1) is 17.4. The molecule has 3 rings (SSSR count). The maximum atomic E-state index is 12.9. The van der Waals surface area contributed by atoms with E-state index in [0.29, 0.717) is 6.54 Å². The lowest BCUT2D eigenvalue weighted by atomic mass is 10.1. The second kappa shape index (κ2) is 8.07. The van der Waals surface area contributed by atoms with E-state index < -0.39 is 6.10 Å². The van der Waals surface area contributed by atoms with E-state index in [1.54, 1.807) is 7.11 Å². The standard InChI is InChI=1S/C19H24N4O2/c1-15-9-10-17(21-20-15)22-11-6-12-23(14-13-22)19(24)18(25-2)16-7-4-3-5-8-16/h3-5,7-10,18H,6,11-14H2,1-2H3/t18-/m1/s1. The molecule has 0 unspecified atom stereocenters. The molecule has 6 nitrogen and oxygen atoms in total. The van der Waals surface area contributed by atoms with Gasteiger partial charge in [-0.1, -0.05) is 30.3 Å². The van der Waals surface area contributed by atoms with Gasteiger partial charge in [0.05, 0.1) is 5.69 Å². The predicted molar refractivity (Wildman–Crippen MR) is 96.4 cm³/mol. The zero-order chi connectivity index (χ0) is 17.6. The van der Waals surface area contributed by atoms with Gasteiger partial charge in [0, 0.05) is 33.3 Å². The number of carbonyl (C=O) groups is 1. The minimum atomic E-state index is -0.549. The normalized spacial score (nSPS) is 16.4. The number of hydrogen-bond acceptors (Lipinski definition) is 5. The summed E-state index contributed by atoms with van der Waals surface area (Å²) in [6.07, 6.45) is 0.346. The highest BCUT2D eigenvalue weighted by atomic mass is 16.5. The van der Waals surface area contributed by atoms with Crippen LogP contribution in [-0.4, -0.2) is 54.3 Å². The Balaban J connectivity index is 1.67. The highest BCUT2D eigenvalue weighted by molar-refractivity contribution is 5.82. The van der Waals surface area contributed by atoms with Gasteiger partial charge in [-0.05, 0) is 31.0 Å². The van der Waals surface area contributed by atoms with Crippen LogP contribution >= 0.6 is 0 Å². The summed E-state index contributed by atoms with van der Waals surface area (Å²) in [5, 5.41) is 8.39. The molecule has 2 heterocycles. The molecule has 1 aliphatic rings. The zero-order valence-corrected chi connectivity index (χ0v) is 14.8. The van der Waals surface area contributed by atoms with Crippen molar-refractivity contribution in [3.63, 3.8) is 0 Å². The third-order valence-electron chi connectivity index (χ3n) is 4.48. The van der Waals surface area contributed by atoms with Gasteiger partial charge in [0.2, 0.25) is 0 Å². The minimum absolute atomic E-state index is 0.0190. The molecule has 6 heteroatoms. The summed E-state index contributed by atoms with van der Waals surface area (Å²) in [4.78, 5) is 17.0. The summed E-state index contributed by atoms with van der Waals surface area (Å²) in [5.74, 6) is 0.886. The van der Waals surface area contributed by atoms with Crippen molar-refractivity contribution in [3.05, 3.63) is 53.7 Å². The lowest BCUT2D eigenvalue weighted by molar-refractivity contribution is -0.142. The van der Waals surface area contributed by atoms with E-state index in [1.807, 2.05) is 54.3 Å². The molecule has 0 N–H and O–H groups in total. The highest BCUT2D eigenvalue weighted by Crippen LogP contribution is 2.21. The molecule has 25 heavy (non-hydrogen) atoms. The Hall–Kier alpha value is -2.47. The largest absolute Gasteiger partial charge is 0.367 e. The van der Waals surface area contributed by atoms with E-state index >= 15 is 0 Å². The van der Waals surface area contributed by atoms with Crippen molar-refractivity contribution in [2.45, 2.75) is 19.4 Å². The minimum Gasteiger partial charge on any atom is -0.367 e. The molecule has 0 radical (unpaired) electrons. The number of rotatable bonds is 4. The molecule has 0 bridgehead atoms. The van der Waals surface area contributed by atoms with Crippen LogP contribution < -0.4 is 4.90 Å². The molecule has 1 aromatic heterocycles. The van der Waals surface area contributed by atoms with E-state index in [4.69, 9.17) is 4.74 Å². The molecule has 0 aliphatic carbocycles. The van der Waals surface area contributed by atoms with Gasteiger partial charge in [-0.2, -0.15) is 5.10 Å². The van der Waals surface area contributed by atoms with E-state index in [2.05, 4.69) is 15.1 Å². The van der Waals surface area contributed by atoms with Crippen molar-refractivity contribution in [1.29, 1.82) is 0 Å². The first-order chi connectivity index (χ1) is 12.2. The second-order valence-electron chi connectivity index (χ2n) is 6.23. The zero-order valence-electron chi connectivity index (χ0n) is 14.8. The number of aryl methyl sites for hydroxylation is 1. The van der Waals surface area contributed by atoms with E-state index in [0.717, 1.165) is 43.1 Å². The summed E-state index contributed by atoms with van der Waals surface area (Å²) in [5.41, 5.74) is 1.79. The van der Waals surface area contributed by atoms with Crippen molar-refractivity contribution < 1.29 is 9.53 Å². The highest BCUT2D eigenvalue weighted by Gasteiger charge is 2.27. The van der Waals surface area contributed by atoms with E-state index in [9.17, 15) is 4.79 Å². The van der Waals surface area contributed by atoms with Crippen LogP contribution in [0.25, 0.3) is 0 Å². The lowest BCUT2D eigenvalue weighted by Gasteiger charge is -2.26. The number of benzene rings is 1. The average molecular weight is 340 g/mol. The van der Waals surface area contributed by atoms with Crippen LogP contribution in [0.15, 0.2) is 42.5 Å². The number of carbonyl (C=O) groups excluding carboxylic acids is 1. The number of hydrogen-bond donors (Lipinski definition) is 0. The molecule has 132 valence electrons. The number of aromatic nitrogens is 2. The first-order valence-corrected chi connectivity index (χ1v) is 8.61. The second-order valence-corrected chi connectivity index (χ2v) is 6.23. The maximum absolute atomic E-state index is 12.9. The van der Waals surface area contributed by atoms with Crippen molar-refractivity contribution in [1.82, 2.24) is 15.1 Å². The van der Waals surface area contributed by atoms with Crippen LogP contribution in [-0.2, 0) is 9.53 Å². The Bertz CT molecular complexity index is 690. The number of anilines is 1. The molecule has 0 spiro atoms. The smallest absolute Gasteiger partial charge is 0.256 e. The van der Waals surface area contributed by atoms with Gasteiger partial charge in [-0.3, -0.25) is 4.79 Å². The van der Waals surface area contributed by atoms with Gasteiger partial charge in [0.1, 0.15) is 0 Å². The molecule has 1 amide bonds. The van der Waals surface area contributed by atoms with E-state index in [-0.39, 0.29) is 5.91 Å². The Kier molecular flexibility index (Phi) is 5.60. The van der Waals surface area contributed by atoms with Gasteiger partial charge in [0.15, 0.2) is 11.9 Å². The Morgan fingerprint density at radius 3 is 2.52 bits per heavy atom. The fraction of sp³-hybridized carbons (Fsp3) is 0.421. The van der Waals surface area contributed by atoms with Crippen LogP contribution in [0.5, 0.6) is 0 Å². The molecular formula is C19H24N4O2. The molecule has 2 aromatic rings. The summed E-state index contributed by atoms with van der Waals surface area (Å²) < 4.78 is 5.49. The third kappa shape index (κ3) is 4.14. The van der Waals surface area contributed by atoms with Gasteiger partial charge >= 0.3 is 0 Å². The molecule has 1 aromatic carbocycles. The van der Waals surface area contributed by atoms with Crippen LogP contribution in [0.1, 0.15) is 23.8 Å². The Morgan fingerprint density at radius 2 is 1.84 bits per heavy atom. The molecule has 0 saturated carbocycles. The van der Waals surface area contributed by atoms with Crippen molar-refractivity contribution in [2.75, 3.05) is 38.2 Å². The quantitative estimate of drug-likeness (QED) is 0.854. The maximum Gasteiger partial charge on any atom is 0.256 e. The predicted octanol–water partition coefficient (Wildman–Crippen LogP) is 2.21. The van der Waals surface area contributed by atoms with Gasteiger partial charge in [0.25, 0.3) is 5.91 Å².